The van der Waals surface area contributed by atoms with E-state index in [2.05, 4.69) is 41.1 Å². The van der Waals surface area contributed by atoms with Crippen LogP contribution >= 0.6 is 11.8 Å². The summed E-state index contributed by atoms with van der Waals surface area (Å²) in [6.07, 6.45) is 5.43. The lowest BCUT2D eigenvalue weighted by Gasteiger charge is -2.38. The minimum absolute atomic E-state index is 0.388. The monoisotopic (exact) mass is 459 g/mol. The molecule has 1 saturated heterocycles. The summed E-state index contributed by atoms with van der Waals surface area (Å²) >= 11 is 1.84. The van der Waals surface area contributed by atoms with E-state index in [0.29, 0.717) is 18.4 Å². The lowest BCUT2D eigenvalue weighted by Crippen LogP contribution is -2.45. The van der Waals surface area contributed by atoms with Gasteiger partial charge in [-0.25, -0.2) is 13.8 Å². The van der Waals surface area contributed by atoms with E-state index >= 15 is 0 Å². The molecule has 2 aliphatic rings. The van der Waals surface area contributed by atoms with E-state index in [-0.39, 0.29) is 0 Å². The third-order valence-corrected chi connectivity index (χ3v) is 7.34. The zero-order valence-corrected chi connectivity index (χ0v) is 19.4. The first-order valence-corrected chi connectivity index (χ1v) is 12.4. The van der Waals surface area contributed by atoms with Crippen molar-refractivity contribution in [2.75, 3.05) is 33.3 Å². The number of fused-ring (bicyclic) bond motifs is 1. The van der Waals surface area contributed by atoms with E-state index in [1.165, 1.54) is 11.6 Å². The molecular formula is C25H31F2N3OS. The number of piperidine rings is 1. The summed E-state index contributed by atoms with van der Waals surface area (Å²) < 4.78 is 31.6. The molecule has 4 nitrogen and oxygen atoms in total. The summed E-state index contributed by atoms with van der Waals surface area (Å²) in [4.78, 5) is 9.82. The number of ether oxygens (including phenoxy) is 1. The quantitative estimate of drug-likeness (QED) is 0.463. The largest absolute Gasteiger partial charge is 0.493 e. The SMILES string of the molecule is CN(C1=Nc2ccccc2CS1)C1CCN(CCCCCOc2ccc(F)c(F)c2)CC1. The average molecular weight is 460 g/mol. The molecule has 7 heteroatoms. The number of halogens is 2. The first-order valence-electron chi connectivity index (χ1n) is 11.4. The molecule has 0 unspecified atom stereocenters. The van der Waals surface area contributed by atoms with Gasteiger partial charge in [-0.2, -0.15) is 0 Å². The Balaban J connectivity index is 1.12. The molecule has 0 spiro atoms. The van der Waals surface area contributed by atoms with Crippen LogP contribution in [0.5, 0.6) is 5.75 Å². The highest BCUT2D eigenvalue weighted by Crippen LogP contribution is 2.33. The third kappa shape index (κ3) is 6.01. The number of nitrogens with zero attached hydrogens (tertiary/aromatic N) is 3. The van der Waals surface area contributed by atoms with Crippen molar-refractivity contribution in [3.8, 4) is 5.75 Å². The van der Waals surface area contributed by atoms with Crippen LogP contribution in [0.4, 0.5) is 14.5 Å². The standard InChI is InChI=1S/C25H31F2N3OS/c1-29(25-28-24-8-4-3-7-19(24)18-32-25)20-11-14-30(15-12-20)13-5-2-6-16-31-21-9-10-22(26)23(27)17-21/h3-4,7-10,17,20H,2,5-6,11-16,18H2,1H3. The van der Waals surface area contributed by atoms with Gasteiger partial charge in [0.15, 0.2) is 16.8 Å². The van der Waals surface area contributed by atoms with Crippen molar-refractivity contribution >= 4 is 22.6 Å². The summed E-state index contributed by atoms with van der Waals surface area (Å²) in [5, 5.41) is 1.14. The van der Waals surface area contributed by atoms with Gasteiger partial charge in [0.25, 0.3) is 0 Å². The Kier molecular flexibility index (Phi) is 8.03. The second kappa shape index (κ2) is 11.1. The summed E-state index contributed by atoms with van der Waals surface area (Å²) in [5.74, 6) is -0.323. The smallest absolute Gasteiger partial charge is 0.164 e. The number of rotatable bonds is 8. The van der Waals surface area contributed by atoms with Gasteiger partial charge < -0.3 is 14.5 Å². The lowest BCUT2D eigenvalue weighted by atomic mass is 10.0. The van der Waals surface area contributed by atoms with Crippen molar-refractivity contribution in [3.05, 3.63) is 59.7 Å². The molecule has 0 amide bonds. The normalized spacial score (nSPS) is 17.0. The third-order valence-electron chi connectivity index (χ3n) is 6.25. The number of amidine groups is 1. The molecule has 0 radical (unpaired) electrons. The molecule has 1 fully saturated rings. The Bertz CT molecular complexity index is 931. The number of likely N-dealkylation sites (tertiary alicyclic amines) is 1. The molecule has 0 aromatic heterocycles. The predicted octanol–water partition coefficient (Wildman–Crippen LogP) is 5.84. The van der Waals surface area contributed by atoms with E-state index in [4.69, 9.17) is 9.73 Å². The van der Waals surface area contributed by atoms with E-state index in [1.54, 1.807) is 0 Å². The molecule has 0 aliphatic carbocycles. The van der Waals surface area contributed by atoms with E-state index in [1.807, 2.05) is 11.8 Å². The topological polar surface area (TPSA) is 28.1 Å². The minimum atomic E-state index is -0.865. The first-order chi connectivity index (χ1) is 15.6. The molecule has 2 aliphatic heterocycles. The maximum atomic E-state index is 13.2. The summed E-state index contributed by atoms with van der Waals surface area (Å²) in [6.45, 7) is 3.87. The van der Waals surface area contributed by atoms with Gasteiger partial charge in [0.05, 0.1) is 12.3 Å². The van der Waals surface area contributed by atoms with E-state index < -0.39 is 11.6 Å². The maximum Gasteiger partial charge on any atom is 0.164 e. The molecule has 0 atom stereocenters. The van der Waals surface area contributed by atoms with Crippen LogP contribution in [0.2, 0.25) is 0 Å². The van der Waals surface area contributed by atoms with Crippen LogP contribution < -0.4 is 4.74 Å². The van der Waals surface area contributed by atoms with Crippen LogP contribution in [0.15, 0.2) is 47.5 Å². The van der Waals surface area contributed by atoms with Gasteiger partial charge in [-0.1, -0.05) is 30.0 Å². The van der Waals surface area contributed by atoms with Gasteiger partial charge in [-0.05, 0) is 62.4 Å². The van der Waals surface area contributed by atoms with Crippen molar-refractivity contribution in [1.82, 2.24) is 9.80 Å². The van der Waals surface area contributed by atoms with E-state index in [0.717, 1.165) is 80.5 Å². The van der Waals surface area contributed by atoms with Crippen molar-refractivity contribution in [3.63, 3.8) is 0 Å². The Morgan fingerprint density at radius 2 is 1.88 bits per heavy atom. The molecule has 0 bridgehead atoms. The predicted molar refractivity (Wildman–Crippen MR) is 128 cm³/mol. The Hall–Kier alpha value is -2.12. The van der Waals surface area contributed by atoms with Gasteiger partial charge in [0.2, 0.25) is 0 Å². The van der Waals surface area contributed by atoms with Gasteiger partial charge in [0, 0.05) is 38.0 Å². The van der Waals surface area contributed by atoms with Gasteiger partial charge in [-0.3, -0.25) is 0 Å². The fourth-order valence-corrected chi connectivity index (χ4v) is 5.30. The Morgan fingerprint density at radius 3 is 2.69 bits per heavy atom. The highest BCUT2D eigenvalue weighted by molar-refractivity contribution is 8.13. The second-order valence-electron chi connectivity index (χ2n) is 8.48. The van der Waals surface area contributed by atoms with Crippen LogP contribution in [0.3, 0.4) is 0 Å². The maximum absolute atomic E-state index is 13.2. The molecule has 4 rings (SSSR count). The zero-order valence-electron chi connectivity index (χ0n) is 18.6. The number of hydrogen-bond donors (Lipinski definition) is 0. The number of unbranched alkanes of at least 4 members (excludes halogenated alkanes) is 2. The Morgan fingerprint density at radius 1 is 1.06 bits per heavy atom. The molecule has 2 aromatic rings. The molecule has 0 saturated carbocycles. The number of para-hydroxylation sites is 1. The molecular weight excluding hydrogens is 428 g/mol. The first kappa shape index (κ1) is 23.1. The molecule has 2 heterocycles. The van der Waals surface area contributed by atoms with Crippen LogP contribution in [0, 0.1) is 11.6 Å². The minimum Gasteiger partial charge on any atom is -0.493 e. The molecule has 32 heavy (non-hydrogen) atoms. The lowest BCUT2D eigenvalue weighted by molar-refractivity contribution is 0.163. The Labute approximate surface area is 193 Å². The van der Waals surface area contributed by atoms with Crippen molar-refractivity contribution in [2.24, 2.45) is 4.99 Å². The van der Waals surface area contributed by atoms with Crippen LogP contribution in [0.25, 0.3) is 0 Å². The van der Waals surface area contributed by atoms with Gasteiger partial charge in [-0.15, -0.1) is 0 Å². The van der Waals surface area contributed by atoms with E-state index in [9.17, 15) is 8.78 Å². The number of thioether (sulfide) groups is 1. The van der Waals surface area contributed by atoms with Crippen molar-refractivity contribution in [1.29, 1.82) is 0 Å². The van der Waals surface area contributed by atoms with Crippen LogP contribution in [-0.2, 0) is 5.75 Å². The van der Waals surface area contributed by atoms with Crippen LogP contribution in [0.1, 0.15) is 37.7 Å². The fraction of sp³-hybridized carbons (Fsp3) is 0.480. The summed E-state index contributed by atoms with van der Waals surface area (Å²) in [5.41, 5.74) is 2.43. The van der Waals surface area contributed by atoms with Gasteiger partial charge in [0.1, 0.15) is 5.75 Å². The molecule has 172 valence electrons. The highest BCUT2D eigenvalue weighted by Gasteiger charge is 2.26. The average Bonchev–Trinajstić information content (AvgIpc) is 2.83. The van der Waals surface area contributed by atoms with Gasteiger partial charge >= 0.3 is 0 Å². The summed E-state index contributed by atoms with van der Waals surface area (Å²) in [7, 11) is 2.19. The number of aliphatic imine (C=N–C) groups is 1. The molecule has 0 N–H and O–H groups in total. The molecule has 2 aromatic carbocycles. The number of hydrogen-bond acceptors (Lipinski definition) is 5. The zero-order chi connectivity index (χ0) is 22.3. The van der Waals surface area contributed by atoms with Crippen molar-refractivity contribution < 1.29 is 13.5 Å². The fourth-order valence-electron chi connectivity index (χ4n) is 4.26. The summed E-state index contributed by atoms with van der Waals surface area (Å²) in [6, 6.07) is 12.6. The number of benzene rings is 2. The highest BCUT2D eigenvalue weighted by atomic mass is 32.2. The van der Waals surface area contributed by atoms with Crippen LogP contribution in [-0.4, -0.2) is 54.3 Å². The van der Waals surface area contributed by atoms with Crippen molar-refractivity contribution in [2.45, 2.75) is 43.9 Å². The second-order valence-corrected chi connectivity index (χ2v) is 9.42.